The highest BCUT2D eigenvalue weighted by molar-refractivity contribution is 7.12. The molecule has 1 aliphatic rings. The lowest BCUT2D eigenvalue weighted by Crippen LogP contribution is -3.10. The zero-order valence-corrected chi connectivity index (χ0v) is 13.0. The first-order valence-corrected chi connectivity index (χ1v) is 7.55. The second-order valence-corrected chi connectivity index (χ2v) is 5.83. The Bertz CT molecular complexity index is 580. The van der Waals surface area contributed by atoms with Crippen LogP contribution in [0.25, 0.3) is 0 Å². The molecule has 1 aromatic heterocycles. The van der Waals surface area contributed by atoms with E-state index in [0.29, 0.717) is 0 Å². The van der Waals surface area contributed by atoms with Crippen LogP contribution < -0.4 is 17.3 Å². The number of carbonyl (C=O) groups excluding carboxylic acids is 1. The molecule has 112 valence electrons. The molecule has 0 aliphatic carbocycles. The van der Waals surface area contributed by atoms with Crippen molar-refractivity contribution in [2.24, 2.45) is 0 Å². The first-order valence-electron chi connectivity index (χ1n) is 6.67. The van der Waals surface area contributed by atoms with Gasteiger partial charge >= 0.3 is 0 Å². The van der Waals surface area contributed by atoms with Crippen molar-refractivity contribution in [1.29, 1.82) is 0 Å². The van der Waals surface area contributed by atoms with Gasteiger partial charge in [-0.05, 0) is 23.6 Å². The third-order valence-electron chi connectivity index (χ3n) is 3.64. The highest BCUT2D eigenvalue weighted by Gasteiger charge is 2.25. The first-order chi connectivity index (χ1) is 9.74. The van der Waals surface area contributed by atoms with Crippen LogP contribution in [0.3, 0.4) is 0 Å². The van der Waals surface area contributed by atoms with E-state index < -0.39 is 0 Å². The maximum Gasteiger partial charge on any atom is 0.264 e. The van der Waals surface area contributed by atoms with Crippen molar-refractivity contribution >= 4 is 22.9 Å². The Labute approximate surface area is 133 Å². The van der Waals surface area contributed by atoms with Crippen molar-refractivity contribution in [3.8, 4) is 0 Å². The lowest BCUT2D eigenvalue weighted by atomic mass is 10.2. The van der Waals surface area contributed by atoms with E-state index in [9.17, 15) is 9.18 Å². The minimum Gasteiger partial charge on any atom is -1.00 e. The number of nitrogens with zero attached hydrogens (tertiary/aromatic N) is 1. The topological polar surface area (TPSA) is 24.8 Å². The number of hydrogen-bond acceptors (Lipinski definition) is 2. The minimum atomic E-state index is -0.209. The van der Waals surface area contributed by atoms with Crippen LogP contribution in [0.5, 0.6) is 0 Å². The maximum atomic E-state index is 12.9. The zero-order chi connectivity index (χ0) is 13.9. The summed E-state index contributed by atoms with van der Waals surface area (Å²) in [5.41, 5.74) is 1.09. The van der Waals surface area contributed by atoms with Gasteiger partial charge in [-0.2, -0.15) is 0 Å². The summed E-state index contributed by atoms with van der Waals surface area (Å²) in [6.07, 6.45) is 0. The van der Waals surface area contributed by atoms with E-state index in [1.165, 1.54) is 28.4 Å². The Hall–Kier alpha value is -1.43. The molecule has 1 N–H and O–H groups in total. The van der Waals surface area contributed by atoms with E-state index in [-0.39, 0.29) is 24.1 Å². The lowest BCUT2D eigenvalue weighted by molar-refractivity contribution is -0.837. The number of hydrogen-bond donors (Lipinski definition) is 1. The van der Waals surface area contributed by atoms with Gasteiger partial charge in [0.1, 0.15) is 11.5 Å². The predicted octanol–water partition coefficient (Wildman–Crippen LogP) is -1.44. The molecule has 3 nitrogen and oxygen atoms in total. The van der Waals surface area contributed by atoms with E-state index >= 15 is 0 Å². The normalized spacial score (nSPS) is 15.6. The molecule has 1 saturated heterocycles. The molecule has 0 unspecified atom stereocenters. The summed E-state index contributed by atoms with van der Waals surface area (Å²) in [7, 11) is 0. The summed E-state index contributed by atoms with van der Waals surface area (Å²) in [5, 5.41) is 1.92. The summed E-state index contributed by atoms with van der Waals surface area (Å²) in [4.78, 5) is 16.2. The van der Waals surface area contributed by atoms with Gasteiger partial charge < -0.3 is 17.3 Å². The van der Waals surface area contributed by atoms with E-state index in [4.69, 9.17) is 0 Å². The molecule has 6 heteroatoms. The molecule has 0 spiro atoms. The summed E-state index contributed by atoms with van der Waals surface area (Å²) < 4.78 is 12.9. The number of quaternary nitrogens is 1. The molecule has 0 atom stereocenters. The predicted molar refractivity (Wildman–Crippen MR) is 77.0 cm³/mol. The van der Waals surface area contributed by atoms with Gasteiger partial charge in [0, 0.05) is 12.1 Å². The fraction of sp³-hybridized carbons (Fsp3) is 0.267. The van der Waals surface area contributed by atoms with E-state index in [1.807, 2.05) is 34.5 Å². The molecule has 1 aliphatic heterocycles. The van der Waals surface area contributed by atoms with Gasteiger partial charge in [-0.15, -0.1) is 11.3 Å². The fourth-order valence-electron chi connectivity index (χ4n) is 2.51. The van der Waals surface area contributed by atoms with Gasteiger partial charge in [-0.3, -0.25) is 9.69 Å². The molecule has 3 rings (SSSR count). The molecule has 1 fully saturated rings. The van der Waals surface area contributed by atoms with Crippen molar-refractivity contribution in [1.82, 2.24) is 4.90 Å². The second-order valence-electron chi connectivity index (χ2n) is 4.88. The standard InChI is InChI=1S/C15H15FN2OS.ClH/c16-12-3-5-13(6-4-12)17-7-9-18(10-8-17)15(19)14-2-1-11-20-14;/h1-6,11H,7-10H2;1H. The number of nitrogens with one attached hydrogen (secondary N) is 1. The second kappa shape index (κ2) is 7.02. The number of amides is 1. The number of carbonyl (C=O) groups is 1. The Balaban J connectivity index is 0.00000161. The number of benzene rings is 1. The van der Waals surface area contributed by atoms with Gasteiger partial charge in [0.15, 0.2) is 0 Å². The van der Waals surface area contributed by atoms with Crippen LogP contribution in [0.4, 0.5) is 10.1 Å². The lowest BCUT2D eigenvalue weighted by Gasteiger charge is -2.31. The molecule has 0 bridgehead atoms. The van der Waals surface area contributed by atoms with Crippen LogP contribution in [-0.2, 0) is 0 Å². The maximum absolute atomic E-state index is 12.9. The third-order valence-corrected chi connectivity index (χ3v) is 4.50. The molecular formula is C15H16ClFN2OS. The van der Waals surface area contributed by atoms with Crippen molar-refractivity contribution < 1.29 is 26.5 Å². The SMILES string of the molecule is O=C(c1cccs1)N1CC[NH+](c2ccc(F)cc2)CC1.[Cl-]. The molecule has 0 radical (unpaired) electrons. The average Bonchev–Trinajstić information content (AvgIpc) is 3.02. The Kier molecular flexibility index (Phi) is 5.33. The molecular weight excluding hydrogens is 311 g/mol. The number of rotatable bonds is 2. The van der Waals surface area contributed by atoms with Gasteiger partial charge in [-0.25, -0.2) is 4.39 Å². The van der Waals surface area contributed by atoms with Crippen molar-refractivity contribution in [2.75, 3.05) is 26.2 Å². The van der Waals surface area contributed by atoms with Crippen molar-refractivity contribution in [3.63, 3.8) is 0 Å². The zero-order valence-electron chi connectivity index (χ0n) is 11.4. The molecule has 1 aromatic carbocycles. The van der Waals surface area contributed by atoms with Crippen LogP contribution in [0, 0.1) is 5.82 Å². The summed E-state index contributed by atoms with van der Waals surface area (Å²) in [5.74, 6) is -0.0854. The smallest absolute Gasteiger partial charge is 0.264 e. The summed E-state index contributed by atoms with van der Waals surface area (Å²) in [6, 6.07) is 10.4. The van der Waals surface area contributed by atoms with E-state index in [2.05, 4.69) is 0 Å². The van der Waals surface area contributed by atoms with Gasteiger partial charge in [0.25, 0.3) is 5.91 Å². The Morgan fingerprint density at radius 2 is 1.81 bits per heavy atom. The quantitative estimate of drug-likeness (QED) is 0.719. The van der Waals surface area contributed by atoms with E-state index in [0.717, 1.165) is 36.7 Å². The fourth-order valence-corrected chi connectivity index (χ4v) is 3.20. The third kappa shape index (κ3) is 3.61. The monoisotopic (exact) mass is 326 g/mol. The molecule has 2 aromatic rings. The van der Waals surface area contributed by atoms with Gasteiger partial charge in [0.05, 0.1) is 31.1 Å². The van der Waals surface area contributed by atoms with Crippen LogP contribution in [0.15, 0.2) is 41.8 Å². The van der Waals surface area contributed by atoms with Crippen LogP contribution in [-0.4, -0.2) is 37.0 Å². The Morgan fingerprint density at radius 1 is 1.14 bits per heavy atom. The van der Waals surface area contributed by atoms with Crippen LogP contribution in [0.2, 0.25) is 0 Å². The van der Waals surface area contributed by atoms with E-state index in [1.54, 1.807) is 0 Å². The summed E-state index contributed by atoms with van der Waals surface area (Å²) >= 11 is 1.48. The largest absolute Gasteiger partial charge is 1.00 e. The summed E-state index contributed by atoms with van der Waals surface area (Å²) in [6.45, 7) is 3.21. The van der Waals surface area contributed by atoms with Gasteiger partial charge in [-0.1, -0.05) is 6.07 Å². The van der Waals surface area contributed by atoms with Crippen molar-refractivity contribution in [2.45, 2.75) is 0 Å². The molecule has 1 amide bonds. The average molecular weight is 327 g/mol. The number of piperazine rings is 1. The van der Waals surface area contributed by atoms with Crippen LogP contribution >= 0.6 is 11.3 Å². The first kappa shape index (κ1) is 15.9. The van der Waals surface area contributed by atoms with Crippen LogP contribution in [0.1, 0.15) is 9.67 Å². The Morgan fingerprint density at radius 3 is 2.38 bits per heavy atom. The van der Waals surface area contributed by atoms with Gasteiger partial charge in [0.2, 0.25) is 0 Å². The molecule has 2 heterocycles. The molecule has 0 saturated carbocycles. The minimum absolute atomic E-state index is 0. The van der Waals surface area contributed by atoms with Crippen molar-refractivity contribution in [3.05, 3.63) is 52.5 Å². The number of halogens is 2. The highest BCUT2D eigenvalue weighted by atomic mass is 35.5. The number of thiophene rings is 1. The highest BCUT2D eigenvalue weighted by Crippen LogP contribution is 2.12. The molecule has 21 heavy (non-hydrogen) atoms.